The molecule has 0 saturated carbocycles. The lowest BCUT2D eigenvalue weighted by Gasteiger charge is -2.18. The summed E-state index contributed by atoms with van der Waals surface area (Å²) in [7, 11) is 0. The summed E-state index contributed by atoms with van der Waals surface area (Å²) in [5.74, 6) is -0.0801. The molecule has 3 nitrogen and oxygen atoms in total. The molecular formula is C24H20N2OS. The Morgan fingerprint density at radius 2 is 1.71 bits per heavy atom. The lowest BCUT2D eigenvalue weighted by molar-refractivity contribution is -0.114. The number of aryl methyl sites for hydroxylation is 1. The quantitative estimate of drug-likeness (QED) is 0.404. The smallest absolute Gasteiger partial charge is 0.253 e. The third-order valence-corrected chi connectivity index (χ3v) is 5.47. The van der Waals surface area contributed by atoms with Crippen molar-refractivity contribution in [3.63, 3.8) is 0 Å². The fourth-order valence-corrected chi connectivity index (χ4v) is 4.03. The zero-order valence-corrected chi connectivity index (χ0v) is 16.4. The van der Waals surface area contributed by atoms with Gasteiger partial charge in [0.1, 0.15) is 0 Å². The lowest BCUT2D eigenvalue weighted by Crippen LogP contribution is -2.28. The fourth-order valence-electron chi connectivity index (χ4n) is 2.96. The average molecular weight is 385 g/mol. The van der Waals surface area contributed by atoms with Gasteiger partial charge in [-0.1, -0.05) is 78.1 Å². The molecule has 0 aliphatic rings. The summed E-state index contributed by atoms with van der Waals surface area (Å²) in [5, 5.41) is 0.715. The van der Waals surface area contributed by atoms with Gasteiger partial charge in [-0.15, -0.1) is 0 Å². The zero-order valence-electron chi connectivity index (χ0n) is 15.6. The predicted molar refractivity (Wildman–Crippen MR) is 117 cm³/mol. The van der Waals surface area contributed by atoms with E-state index in [-0.39, 0.29) is 5.91 Å². The molecule has 0 aliphatic heterocycles. The Morgan fingerprint density at radius 1 is 1.00 bits per heavy atom. The van der Waals surface area contributed by atoms with Crippen LogP contribution in [-0.4, -0.2) is 10.9 Å². The number of thiazole rings is 1. The number of hydrogen-bond donors (Lipinski definition) is 0. The summed E-state index contributed by atoms with van der Waals surface area (Å²) >= 11 is 1.55. The Hall–Kier alpha value is -3.24. The summed E-state index contributed by atoms with van der Waals surface area (Å²) < 4.78 is 1.09. The number of carbonyl (C=O) groups excluding carboxylic acids is 1. The van der Waals surface area contributed by atoms with Crippen molar-refractivity contribution in [2.75, 3.05) is 4.90 Å². The maximum Gasteiger partial charge on any atom is 0.253 e. The van der Waals surface area contributed by atoms with Gasteiger partial charge in [0.05, 0.1) is 16.8 Å². The van der Waals surface area contributed by atoms with Crippen LogP contribution in [0.25, 0.3) is 16.3 Å². The maximum absolute atomic E-state index is 13.1. The van der Waals surface area contributed by atoms with E-state index in [9.17, 15) is 4.79 Å². The largest absolute Gasteiger partial charge is 0.280 e. The first-order valence-electron chi connectivity index (χ1n) is 9.15. The maximum atomic E-state index is 13.1. The third kappa shape index (κ3) is 4.18. The first-order valence-corrected chi connectivity index (χ1v) is 9.96. The molecule has 0 bridgehead atoms. The minimum absolute atomic E-state index is 0.0801. The minimum Gasteiger partial charge on any atom is -0.280 e. The van der Waals surface area contributed by atoms with Crippen LogP contribution in [0.4, 0.5) is 5.13 Å². The number of nitrogens with zero attached hydrogens (tertiary/aromatic N) is 2. The molecule has 1 heterocycles. The molecule has 138 valence electrons. The summed E-state index contributed by atoms with van der Waals surface area (Å²) in [4.78, 5) is 19.5. The van der Waals surface area contributed by atoms with Crippen molar-refractivity contribution >= 4 is 38.7 Å². The van der Waals surface area contributed by atoms with Gasteiger partial charge >= 0.3 is 0 Å². The van der Waals surface area contributed by atoms with E-state index in [0.29, 0.717) is 11.7 Å². The van der Waals surface area contributed by atoms with E-state index in [4.69, 9.17) is 4.98 Å². The molecule has 0 saturated heterocycles. The molecule has 0 unspecified atom stereocenters. The Kier molecular flexibility index (Phi) is 5.31. The highest BCUT2D eigenvalue weighted by Gasteiger charge is 2.18. The third-order valence-electron chi connectivity index (χ3n) is 4.43. The molecule has 0 atom stereocenters. The number of hydrogen-bond acceptors (Lipinski definition) is 3. The van der Waals surface area contributed by atoms with E-state index in [1.807, 2.05) is 78.9 Å². The number of amides is 1. The van der Waals surface area contributed by atoms with Gasteiger partial charge in [0.2, 0.25) is 0 Å². The SMILES string of the molecule is Cc1ccc2nc(N(Cc3ccccc3)C(=O)/C=C/c3ccccc3)sc2c1. The number of anilines is 1. The van der Waals surface area contributed by atoms with Crippen LogP contribution in [0.15, 0.2) is 84.9 Å². The summed E-state index contributed by atoms with van der Waals surface area (Å²) in [6.45, 7) is 2.55. The predicted octanol–water partition coefficient (Wildman–Crippen LogP) is 5.85. The number of aromatic nitrogens is 1. The highest BCUT2D eigenvalue weighted by molar-refractivity contribution is 7.22. The highest BCUT2D eigenvalue weighted by Crippen LogP contribution is 2.30. The second-order valence-electron chi connectivity index (χ2n) is 6.62. The van der Waals surface area contributed by atoms with Crippen LogP contribution in [0, 0.1) is 6.92 Å². The van der Waals surface area contributed by atoms with Crippen LogP contribution in [0.1, 0.15) is 16.7 Å². The number of benzene rings is 3. The molecule has 0 aliphatic carbocycles. The van der Waals surface area contributed by atoms with E-state index in [1.165, 1.54) is 5.56 Å². The van der Waals surface area contributed by atoms with Crippen molar-refractivity contribution in [2.45, 2.75) is 13.5 Å². The van der Waals surface area contributed by atoms with Gasteiger partial charge in [0.25, 0.3) is 5.91 Å². The van der Waals surface area contributed by atoms with E-state index >= 15 is 0 Å². The monoisotopic (exact) mass is 384 g/mol. The van der Waals surface area contributed by atoms with Crippen LogP contribution < -0.4 is 4.90 Å². The van der Waals surface area contributed by atoms with Crippen LogP contribution in [0.2, 0.25) is 0 Å². The summed E-state index contributed by atoms with van der Waals surface area (Å²) in [6.07, 6.45) is 3.47. The van der Waals surface area contributed by atoms with Gasteiger partial charge < -0.3 is 0 Å². The van der Waals surface area contributed by atoms with E-state index in [0.717, 1.165) is 21.3 Å². The highest BCUT2D eigenvalue weighted by atomic mass is 32.1. The van der Waals surface area contributed by atoms with E-state index in [2.05, 4.69) is 13.0 Å². The Bertz CT molecular complexity index is 1120. The Balaban J connectivity index is 1.68. The molecular weight excluding hydrogens is 364 g/mol. The molecule has 0 fully saturated rings. The second-order valence-corrected chi connectivity index (χ2v) is 7.63. The molecule has 1 amide bonds. The molecule has 0 spiro atoms. The lowest BCUT2D eigenvalue weighted by atomic mass is 10.2. The Morgan fingerprint density at radius 3 is 2.46 bits per heavy atom. The van der Waals surface area contributed by atoms with Gasteiger partial charge in [0.15, 0.2) is 5.13 Å². The van der Waals surface area contributed by atoms with Crippen LogP contribution in [0.5, 0.6) is 0 Å². The molecule has 3 aromatic carbocycles. The molecule has 4 heteroatoms. The summed E-state index contributed by atoms with van der Waals surface area (Å²) in [6, 6.07) is 26.0. The minimum atomic E-state index is -0.0801. The molecule has 0 radical (unpaired) electrons. The van der Waals surface area contributed by atoms with Crippen molar-refractivity contribution < 1.29 is 4.79 Å². The first kappa shape index (κ1) is 18.1. The topological polar surface area (TPSA) is 33.2 Å². The number of fused-ring (bicyclic) bond motifs is 1. The molecule has 0 N–H and O–H groups in total. The van der Waals surface area contributed by atoms with Crippen molar-refractivity contribution in [3.05, 3.63) is 102 Å². The van der Waals surface area contributed by atoms with Crippen molar-refractivity contribution in [2.24, 2.45) is 0 Å². The van der Waals surface area contributed by atoms with Crippen molar-refractivity contribution in [1.82, 2.24) is 4.98 Å². The van der Waals surface area contributed by atoms with Gasteiger partial charge in [-0.2, -0.15) is 0 Å². The second kappa shape index (κ2) is 8.19. The number of rotatable bonds is 5. The molecule has 4 rings (SSSR count). The van der Waals surface area contributed by atoms with Crippen molar-refractivity contribution in [3.8, 4) is 0 Å². The van der Waals surface area contributed by atoms with Crippen LogP contribution in [0.3, 0.4) is 0 Å². The summed E-state index contributed by atoms with van der Waals surface area (Å²) in [5.41, 5.74) is 4.17. The van der Waals surface area contributed by atoms with Gasteiger partial charge in [0, 0.05) is 6.08 Å². The standard InChI is InChI=1S/C24H20N2OS/c1-18-12-14-21-22(16-18)28-24(25-21)26(17-20-10-6-3-7-11-20)23(27)15-13-19-8-4-2-5-9-19/h2-16H,17H2,1H3/b15-13+. The van der Waals surface area contributed by atoms with Crippen LogP contribution in [-0.2, 0) is 11.3 Å². The van der Waals surface area contributed by atoms with Gasteiger partial charge in [-0.3, -0.25) is 9.69 Å². The molecule has 28 heavy (non-hydrogen) atoms. The van der Waals surface area contributed by atoms with Gasteiger partial charge in [-0.25, -0.2) is 4.98 Å². The van der Waals surface area contributed by atoms with Gasteiger partial charge in [-0.05, 0) is 41.8 Å². The van der Waals surface area contributed by atoms with Crippen molar-refractivity contribution in [1.29, 1.82) is 0 Å². The normalized spacial score (nSPS) is 11.2. The average Bonchev–Trinajstić information content (AvgIpc) is 3.14. The number of carbonyl (C=O) groups is 1. The first-order chi connectivity index (χ1) is 13.7. The fraction of sp³-hybridized carbons (Fsp3) is 0.0833. The zero-order chi connectivity index (χ0) is 19.3. The molecule has 4 aromatic rings. The Labute approximate surface area is 168 Å². The van der Waals surface area contributed by atoms with Crippen LogP contribution >= 0.6 is 11.3 Å². The van der Waals surface area contributed by atoms with E-state index in [1.54, 1.807) is 22.3 Å². The molecule has 1 aromatic heterocycles. The van der Waals surface area contributed by atoms with E-state index < -0.39 is 0 Å².